The normalized spacial score (nSPS) is 6.88. The Kier molecular flexibility index (Phi) is 5.82. The van der Waals surface area contributed by atoms with Crippen LogP contribution in [0.4, 0.5) is 0 Å². The van der Waals surface area contributed by atoms with Crippen LogP contribution in [0.5, 0.6) is 0 Å². The molecule has 40 valence electrons. The summed E-state index contributed by atoms with van der Waals surface area (Å²) in [5.41, 5.74) is 0. The number of rotatable bonds is 2. The molecule has 0 heteroatoms. The van der Waals surface area contributed by atoms with Gasteiger partial charge in [0.25, 0.3) is 0 Å². The van der Waals surface area contributed by atoms with Crippen molar-refractivity contribution in [1.82, 2.24) is 0 Å². The van der Waals surface area contributed by atoms with Gasteiger partial charge in [-0.3, -0.25) is 0 Å². The van der Waals surface area contributed by atoms with Gasteiger partial charge in [0, 0.05) is 0 Å². The van der Waals surface area contributed by atoms with Crippen molar-refractivity contribution in [2.24, 2.45) is 0 Å². The fraction of sp³-hybridized carbons (Fsp3) is 0.500. The summed E-state index contributed by atoms with van der Waals surface area (Å²) in [5.74, 6) is 7.25. The molecular weight excluding hydrogens is 96.1 g/mol. The van der Waals surface area contributed by atoms with Crippen LogP contribution in [0.3, 0.4) is 0 Å². The molecule has 0 rings (SSSR count). The van der Waals surface area contributed by atoms with Crippen LogP contribution in [0.15, 0.2) is 0 Å². The molecule has 8 heavy (non-hydrogen) atoms. The molecule has 0 bridgehead atoms. The van der Waals surface area contributed by atoms with E-state index in [-0.39, 0.29) is 0 Å². The Morgan fingerprint density at radius 2 is 2.25 bits per heavy atom. The molecule has 0 spiro atoms. The summed E-state index contributed by atoms with van der Waals surface area (Å²) in [6, 6.07) is 0. The van der Waals surface area contributed by atoms with Crippen LogP contribution < -0.4 is 0 Å². The van der Waals surface area contributed by atoms with Gasteiger partial charge in [0.2, 0.25) is 0 Å². The second-order valence-electron chi connectivity index (χ2n) is 1.53. The summed E-state index contributed by atoms with van der Waals surface area (Å²) >= 11 is 0. The second-order valence-corrected chi connectivity index (χ2v) is 1.53. The minimum absolute atomic E-state index is 0.905. The summed E-state index contributed by atoms with van der Waals surface area (Å²) in [6.07, 6.45) is 9.63. The molecule has 0 aliphatic rings. The van der Waals surface area contributed by atoms with Crippen LogP contribution in [0, 0.1) is 24.2 Å². The van der Waals surface area contributed by atoms with Crippen LogP contribution >= 0.6 is 0 Å². The van der Waals surface area contributed by atoms with Crippen molar-refractivity contribution in [3.8, 4) is 17.8 Å². The standard InChI is InChI=1S/C8H9/c1-3-5-7-8-6-4-2/h3,5,7H2,1H3/q+1. The molecule has 0 fully saturated rings. The quantitative estimate of drug-likeness (QED) is 0.285. The Bertz CT molecular complexity index is 126. The average Bonchev–Trinajstić information content (AvgIpc) is 1.81. The Balaban J connectivity index is 3.06. The molecule has 0 N–H and O–H groups in total. The zero-order valence-electron chi connectivity index (χ0n) is 5.12. The summed E-state index contributed by atoms with van der Waals surface area (Å²) in [4.78, 5) is 0. The van der Waals surface area contributed by atoms with Crippen molar-refractivity contribution < 1.29 is 0 Å². The van der Waals surface area contributed by atoms with E-state index >= 15 is 0 Å². The average molecular weight is 105 g/mol. The van der Waals surface area contributed by atoms with Gasteiger partial charge in [0.15, 0.2) is 0 Å². The Morgan fingerprint density at radius 1 is 1.50 bits per heavy atom. The molecule has 0 atom stereocenters. The molecule has 0 radical (unpaired) electrons. The first-order valence-electron chi connectivity index (χ1n) is 2.81. The Hall–Kier alpha value is -0.660. The first-order chi connectivity index (χ1) is 3.91. The van der Waals surface area contributed by atoms with Gasteiger partial charge in [-0.25, -0.2) is 0 Å². The third-order valence-electron chi connectivity index (χ3n) is 0.806. The molecule has 0 aromatic rings. The summed E-state index contributed by atoms with van der Waals surface area (Å²) in [7, 11) is 0. The number of hydrogen-bond donors (Lipinski definition) is 0. The summed E-state index contributed by atoms with van der Waals surface area (Å²) in [6.45, 7) is 2.12. The molecule has 0 aromatic carbocycles. The predicted molar refractivity (Wildman–Crippen MR) is 34.4 cm³/mol. The Labute approximate surface area is 51.3 Å². The van der Waals surface area contributed by atoms with Gasteiger partial charge in [0.05, 0.1) is 0 Å². The molecule has 0 saturated heterocycles. The summed E-state index contributed by atoms with van der Waals surface area (Å²) in [5, 5.41) is 0. The van der Waals surface area contributed by atoms with E-state index in [4.69, 9.17) is 6.42 Å². The van der Waals surface area contributed by atoms with E-state index in [0.29, 0.717) is 0 Å². The van der Waals surface area contributed by atoms with Gasteiger partial charge in [0.1, 0.15) is 0 Å². The van der Waals surface area contributed by atoms with Crippen molar-refractivity contribution in [2.45, 2.75) is 26.2 Å². The SMILES string of the molecule is [C+]#CC#CCCCC. The van der Waals surface area contributed by atoms with Gasteiger partial charge in [-0.05, 0) is 0 Å². The van der Waals surface area contributed by atoms with Crippen LogP contribution in [-0.2, 0) is 0 Å². The van der Waals surface area contributed by atoms with E-state index in [1.54, 1.807) is 0 Å². The van der Waals surface area contributed by atoms with Crippen molar-refractivity contribution >= 4 is 0 Å². The van der Waals surface area contributed by atoms with Gasteiger partial charge in [-0.1, -0.05) is 0 Å². The maximum absolute atomic E-state index is 6.41. The zero-order chi connectivity index (χ0) is 6.24. The van der Waals surface area contributed by atoms with Crippen LogP contribution in [-0.4, -0.2) is 0 Å². The molecule has 0 nitrogen and oxygen atoms in total. The van der Waals surface area contributed by atoms with E-state index in [1.165, 1.54) is 6.42 Å². The third kappa shape index (κ3) is 5.34. The van der Waals surface area contributed by atoms with E-state index in [1.807, 2.05) is 5.92 Å². The maximum atomic E-state index is 6.41. The molecule has 0 unspecified atom stereocenters. The van der Waals surface area contributed by atoms with E-state index in [2.05, 4.69) is 18.8 Å². The molecule has 0 heterocycles. The molecule has 0 aliphatic carbocycles. The van der Waals surface area contributed by atoms with Crippen molar-refractivity contribution in [3.63, 3.8) is 0 Å². The first-order valence-corrected chi connectivity index (χ1v) is 2.81. The van der Waals surface area contributed by atoms with Crippen molar-refractivity contribution in [2.75, 3.05) is 0 Å². The third-order valence-corrected chi connectivity index (χ3v) is 0.806. The van der Waals surface area contributed by atoms with E-state index in [9.17, 15) is 0 Å². The molecular formula is C8H9+. The zero-order valence-corrected chi connectivity index (χ0v) is 5.12. The van der Waals surface area contributed by atoms with Crippen LogP contribution in [0.25, 0.3) is 0 Å². The van der Waals surface area contributed by atoms with Crippen LogP contribution in [0.2, 0.25) is 0 Å². The number of hydrogen-bond acceptors (Lipinski definition) is 0. The molecule has 0 amide bonds. The van der Waals surface area contributed by atoms with Gasteiger partial charge >= 0.3 is 50.4 Å². The monoisotopic (exact) mass is 105 g/mol. The minimum atomic E-state index is 0.905. The van der Waals surface area contributed by atoms with Crippen molar-refractivity contribution in [3.05, 3.63) is 6.42 Å². The molecule has 0 saturated carbocycles. The topological polar surface area (TPSA) is 0 Å². The molecule has 0 aromatic heterocycles. The predicted octanol–water partition coefficient (Wildman–Crippen LogP) is 1.77. The van der Waals surface area contributed by atoms with Gasteiger partial charge in [-0.2, -0.15) is 0 Å². The van der Waals surface area contributed by atoms with Crippen LogP contribution in [0.1, 0.15) is 26.2 Å². The fourth-order valence-corrected chi connectivity index (χ4v) is 0.372. The summed E-state index contributed by atoms with van der Waals surface area (Å²) < 4.78 is 0. The van der Waals surface area contributed by atoms with E-state index in [0.717, 1.165) is 12.8 Å². The Morgan fingerprint density at radius 3 is 2.75 bits per heavy atom. The fourth-order valence-electron chi connectivity index (χ4n) is 0.372. The molecule has 0 aliphatic heterocycles. The van der Waals surface area contributed by atoms with Gasteiger partial charge < -0.3 is 0 Å². The van der Waals surface area contributed by atoms with Crippen molar-refractivity contribution in [1.29, 1.82) is 0 Å². The second kappa shape index (κ2) is 6.34. The van der Waals surface area contributed by atoms with Gasteiger partial charge in [-0.15, -0.1) is 0 Å². The number of unbranched alkanes of at least 4 members (excludes halogenated alkanes) is 2. The van der Waals surface area contributed by atoms with E-state index < -0.39 is 0 Å². The first kappa shape index (κ1) is 7.34.